The Morgan fingerprint density at radius 2 is 1.19 bits per heavy atom. The molecule has 0 rings (SSSR count). The summed E-state index contributed by atoms with van der Waals surface area (Å²) in [5.41, 5.74) is 0.835. The third kappa shape index (κ3) is 12.4. The maximum atomic E-state index is 14.9. The van der Waals surface area contributed by atoms with Crippen molar-refractivity contribution < 1.29 is 17.9 Å². The Morgan fingerprint density at radius 3 is 1.68 bits per heavy atom. The fourth-order valence-electron chi connectivity index (χ4n) is 3.44. The van der Waals surface area contributed by atoms with Gasteiger partial charge in [0.2, 0.25) is 5.83 Å². The molecule has 0 N–H and O–H groups in total. The van der Waals surface area contributed by atoms with Crippen molar-refractivity contribution in [3.8, 4) is 0 Å². The Labute approximate surface area is 224 Å². The van der Waals surface area contributed by atoms with Crippen molar-refractivity contribution in [1.82, 2.24) is 0 Å². The van der Waals surface area contributed by atoms with Gasteiger partial charge in [-0.3, -0.25) is 0 Å². The summed E-state index contributed by atoms with van der Waals surface area (Å²) in [5.74, 6) is -1.35. The molecule has 1 nitrogen and oxygen atoms in total. The Bertz CT molecular complexity index is 958. The zero-order valence-corrected chi connectivity index (χ0v) is 23.9. The van der Waals surface area contributed by atoms with Crippen molar-refractivity contribution in [1.29, 1.82) is 0 Å². The highest BCUT2D eigenvalue weighted by molar-refractivity contribution is 5.53. The maximum Gasteiger partial charge on any atom is 0.200 e. The van der Waals surface area contributed by atoms with Crippen LogP contribution in [0.3, 0.4) is 0 Å². The first-order chi connectivity index (χ1) is 17.1. The minimum Gasteiger partial charge on any atom is -0.491 e. The fraction of sp³-hybridized carbons (Fsp3) is 0.455. The van der Waals surface area contributed by atoms with Crippen LogP contribution in [-0.4, -0.2) is 6.61 Å². The van der Waals surface area contributed by atoms with Crippen molar-refractivity contribution >= 4 is 0 Å². The molecule has 0 amide bonds. The minimum atomic E-state index is -1.24. The normalized spacial score (nSPS) is 15.1. The van der Waals surface area contributed by atoms with Gasteiger partial charge in [-0.15, -0.1) is 0 Å². The molecule has 0 aromatic carbocycles. The van der Waals surface area contributed by atoms with Crippen LogP contribution in [0, 0.1) is 23.7 Å². The molecule has 0 aromatic heterocycles. The highest BCUT2D eigenvalue weighted by Gasteiger charge is 2.17. The molecule has 4 heteroatoms. The van der Waals surface area contributed by atoms with Crippen molar-refractivity contribution in [3.63, 3.8) is 0 Å². The van der Waals surface area contributed by atoms with E-state index in [9.17, 15) is 13.2 Å². The summed E-state index contributed by atoms with van der Waals surface area (Å²) >= 11 is 0. The third-order valence-electron chi connectivity index (χ3n) is 6.74. The lowest BCUT2D eigenvalue weighted by Gasteiger charge is -2.22. The Morgan fingerprint density at radius 1 is 0.703 bits per heavy atom. The lowest BCUT2D eigenvalue weighted by atomic mass is 9.83. The van der Waals surface area contributed by atoms with E-state index in [1.54, 1.807) is 6.92 Å². The van der Waals surface area contributed by atoms with Gasteiger partial charge in [0.25, 0.3) is 0 Å². The van der Waals surface area contributed by atoms with Crippen LogP contribution >= 0.6 is 0 Å². The standard InChI is InChI=1S/C33H47F3O/c1-13-37-30(12)33(36)32(35)29(11)26(8)19-18-25(7)28(10)31(34)20-27(9)24(6)17-16-23(5)22(4)15-14-21(2)3/h18-24H,7-17H2,1-6H3/b19-18-,31-20+,33-32-. The molecule has 0 spiro atoms. The first-order valence-corrected chi connectivity index (χ1v) is 13.0. The average molecular weight is 517 g/mol. The lowest BCUT2D eigenvalue weighted by Crippen LogP contribution is -2.11. The van der Waals surface area contributed by atoms with Crippen LogP contribution in [0.5, 0.6) is 0 Å². The summed E-state index contributed by atoms with van der Waals surface area (Å²) in [4.78, 5) is 0. The second-order valence-corrected chi connectivity index (χ2v) is 10.3. The van der Waals surface area contributed by atoms with E-state index in [0.717, 1.165) is 12.8 Å². The highest BCUT2D eigenvalue weighted by atomic mass is 19.2. The molecule has 0 saturated carbocycles. The highest BCUT2D eigenvalue weighted by Crippen LogP contribution is 2.30. The summed E-state index contributed by atoms with van der Waals surface area (Å²) in [6.07, 6.45) is 8.63. The van der Waals surface area contributed by atoms with E-state index in [4.69, 9.17) is 4.74 Å². The van der Waals surface area contributed by atoms with Crippen LogP contribution in [0.25, 0.3) is 0 Å². The molecule has 37 heavy (non-hydrogen) atoms. The van der Waals surface area contributed by atoms with Crippen LogP contribution in [-0.2, 0) is 4.74 Å². The van der Waals surface area contributed by atoms with Crippen LogP contribution in [0.1, 0.15) is 67.2 Å². The number of hydrogen-bond donors (Lipinski definition) is 0. The molecule has 0 radical (unpaired) electrons. The second kappa shape index (κ2) is 16.9. The monoisotopic (exact) mass is 516 g/mol. The van der Waals surface area contributed by atoms with Crippen LogP contribution in [0.15, 0.2) is 109 Å². The maximum absolute atomic E-state index is 14.9. The zero-order valence-electron chi connectivity index (χ0n) is 23.9. The molecule has 0 aliphatic rings. The van der Waals surface area contributed by atoms with Gasteiger partial charge in [-0.05, 0) is 66.2 Å². The topological polar surface area (TPSA) is 9.23 Å². The van der Waals surface area contributed by atoms with Gasteiger partial charge in [0.1, 0.15) is 5.83 Å². The Kier molecular flexibility index (Phi) is 15.6. The number of ether oxygens (including phenoxy) is 1. The SMILES string of the molecule is C=C(/C=C\C(=C)C(=C)/C(F)=C\C(=C)C(C)CCC(C)C(C)CCC(C)C)C(=C)/C(F)=C(/F)C(=C)OCC. The molecular weight excluding hydrogens is 469 g/mol. The molecule has 0 bridgehead atoms. The smallest absolute Gasteiger partial charge is 0.200 e. The van der Waals surface area contributed by atoms with Crippen molar-refractivity contribution in [3.05, 3.63) is 109 Å². The lowest BCUT2D eigenvalue weighted by molar-refractivity contribution is 0.224. The molecule has 0 heterocycles. The minimum absolute atomic E-state index is 0.0746. The van der Waals surface area contributed by atoms with Gasteiger partial charge in [-0.1, -0.05) is 99.1 Å². The van der Waals surface area contributed by atoms with Gasteiger partial charge < -0.3 is 4.74 Å². The number of rotatable bonds is 18. The predicted octanol–water partition coefficient (Wildman–Crippen LogP) is 11.0. The summed E-state index contributed by atoms with van der Waals surface area (Å²) in [6, 6.07) is 0. The number of hydrogen-bond acceptors (Lipinski definition) is 1. The van der Waals surface area contributed by atoms with Crippen molar-refractivity contribution in [2.24, 2.45) is 23.7 Å². The molecule has 0 fully saturated rings. The molecule has 0 aliphatic heterocycles. The van der Waals surface area contributed by atoms with E-state index in [1.165, 1.54) is 31.1 Å². The quantitative estimate of drug-likeness (QED) is 0.130. The molecule has 0 aromatic rings. The van der Waals surface area contributed by atoms with Crippen molar-refractivity contribution in [2.45, 2.75) is 67.2 Å². The fourth-order valence-corrected chi connectivity index (χ4v) is 3.44. The number of allylic oxidation sites excluding steroid dienone is 11. The third-order valence-corrected chi connectivity index (χ3v) is 6.74. The van der Waals surface area contributed by atoms with Gasteiger partial charge >= 0.3 is 0 Å². The predicted molar refractivity (Wildman–Crippen MR) is 155 cm³/mol. The van der Waals surface area contributed by atoms with E-state index in [-0.39, 0.29) is 34.8 Å². The molecular formula is C33H47F3O. The first-order valence-electron chi connectivity index (χ1n) is 13.0. The summed E-state index contributed by atoms with van der Waals surface area (Å²) < 4.78 is 48.1. The van der Waals surface area contributed by atoms with Crippen LogP contribution < -0.4 is 0 Å². The van der Waals surface area contributed by atoms with Gasteiger partial charge in [-0.2, -0.15) is 4.39 Å². The summed E-state index contributed by atoms with van der Waals surface area (Å²) in [6.45, 7) is 35.1. The second-order valence-electron chi connectivity index (χ2n) is 10.3. The van der Waals surface area contributed by atoms with Gasteiger partial charge in [0.05, 0.1) is 6.61 Å². The van der Waals surface area contributed by atoms with E-state index < -0.39 is 23.2 Å². The summed E-state index contributed by atoms with van der Waals surface area (Å²) in [7, 11) is 0. The van der Waals surface area contributed by atoms with E-state index in [1.807, 2.05) is 6.92 Å². The molecule has 3 unspecified atom stereocenters. The zero-order chi connectivity index (χ0) is 28.9. The largest absolute Gasteiger partial charge is 0.491 e. The van der Waals surface area contributed by atoms with Gasteiger partial charge in [-0.25, -0.2) is 8.78 Å². The average Bonchev–Trinajstić information content (AvgIpc) is 2.86. The van der Waals surface area contributed by atoms with Gasteiger partial charge in [0, 0.05) is 11.1 Å². The van der Waals surface area contributed by atoms with Crippen LogP contribution in [0.4, 0.5) is 13.2 Å². The Balaban J connectivity index is 5.05. The van der Waals surface area contributed by atoms with Gasteiger partial charge in [0.15, 0.2) is 11.6 Å². The van der Waals surface area contributed by atoms with E-state index in [2.05, 4.69) is 67.2 Å². The Hall–Kier alpha value is -2.75. The molecule has 206 valence electrons. The molecule has 0 saturated heterocycles. The van der Waals surface area contributed by atoms with E-state index >= 15 is 0 Å². The molecule has 0 aliphatic carbocycles. The van der Waals surface area contributed by atoms with E-state index in [0.29, 0.717) is 23.3 Å². The molecule has 3 atom stereocenters. The number of halogens is 3. The van der Waals surface area contributed by atoms with Crippen LogP contribution in [0.2, 0.25) is 0 Å². The van der Waals surface area contributed by atoms with Crippen molar-refractivity contribution in [2.75, 3.05) is 6.61 Å². The summed E-state index contributed by atoms with van der Waals surface area (Å²) in [5, 5.41) is 0. The first kappa shape index (κ1) is 34.2.